The molecule has 0 spiro atoms. The van der Waals surface area contributed by atoms with Crippen LogP contribution in [0.1, 0.15) is 16.1 Å². The third-order valence-electron chi connectivity index (χ3n) is 2.51. The lowest BCUT2D eigenvalue weighted by atomic mass is 10.2. The number of hydrogen-bond acceptors (Lipinski definition) is 4. The predicted octanol–water partition coefficient (Wildman–Crippen LogP) is 1.63. The molecule has 0 aliphatic rings. The first-order valence-corrected chi connectivity index (χ1v) is 7.01. The molecule has 0 aliphatic heterocycles. The third kappa shape index (κ3) is 3.03. The van der Waals surface area contributed by atoms with Crippen LogP contribution in [-0.4, -0.2) is 14.3 Å². The van der Waals surface area contributed by atoms with Crippen molar-refractivity contribution in [1.82, 2.24) is 0 Å². The van der Waals surface area contributed by atoms with Crippen LogP contribution in [0.15, 0.2) is 39.8 Å². The van der Waals surface area contributed by atoms with Crippen molar-refractivity contribution in [3.05, 3.63) is 47.7 Å². The minimum Gasteiger partial charge on any atom is -0.469 e. The Bertz CT molecular complexity index is 768. The number of carbonyl (C=O) groups is 1. The van der Waals surface area contributed by atoms with Crippen molar-refractivity contribution >= 4 is 21.6 Å². The number of furan rings is 1. The number of sulfonamides is 1. The Morgan fingerprint density at radius 1 is 1.35 bits per heavy atom. The summed E-state index contributed by atoms with van der Waals surface area (Å²) in [6.45, 7) is 1.66. The van der Waals surface area contributed by atoms with Gasteiger partial charge < -0.3 is 9.73 Å². The SMILES string of the molecule is Cc1cc(C(=O)Nc2ccc(S(N)(=O)=O)cc2F)co1. The smallest absolute Gasteiger partial charge is 0.259 e. The summed E-state index contributed by atoms with van der Waals surface area (Å²) in [5.74, 6) is -0.922. The molecule has 1 aromatic carbocycles. The molecule has 2 rings (SSSR count). The Morgan fingerprint density at radius 3 is 2.55 bits per heavy atom. The fraction of sp³-hybridized carbons (Fsp3) is 0.0833. The number of carbonyl (C=O) groups excluding carboxylic acids is 1. The molecule has 0 saturated carbocycles. The average molecular weight is 298 g/mol. The number of anilines is 1. The first-order valence-electron chi connectivity index (χ1n) is 5.46. The van der Waals surface area contributed by atoms with Gasteiger partial charge in [0, 0.05) is 0 Å². The van der Waals surface area contributed by atoms with E-state index in [0.29, 0.717) is 5.76 Å². The van der Waals surface area contributed by atoms with Gasteiger partial charge in [-0.25, -0.2) is 17.9 Å². The number of rotatable bonds is 3. The van der Waals surface area contributed by atoms with E-state index >= 15 is 0 Å². The molecule has 6 nitrogen and oxygen atoms in total. The second-order valence-electron chi connectivity index (χ2n) is 4.09. The van der Waals surface area contributed by atoms with Crippen LogP contribution in [0.4, 0.5) is 10.1 Å². The highest BCUT2D eigenvalue weighted by atomic mass is 32.2. The summed E-state index contributed by atoms with van der Waals surface area (Å²) >= 11 is 0. The molecule has 8 heteroatoms. The molecule has 0 atom stereocenters. The van der Waals surface area contributed by atoms with Gasteiger partial charge in [-0.15, -0.1) is 0 Å². The van der Waals surface area contributed by atoms with Crippen LogP contribution in [0.5, 0.6) is 0 Å². The highest BCUT2D eigenvalue weighted by Crippen LogP contribution is 2.19. The molecule has 3 N–H and O–H groups in total. The molecule has 1 aromatic heterocycles. The molecule has 0 aliphatic carbocycles. The minimum atomic E-state index is -3.99. The summed E-state index contributed by atoms with van der Waals surface area (Å²) < 4.78 is 40.8. The fourth-order valence-electron chi connectivity index (χ4n) is 1.53. The van der Waals surface area contributed by atoms with Gasteiger partial charge in [0.15, 0.2) is 0 Å². The van der Waals surface area contributed by atoms with E-state index in [1.165, 1.54) is 12.3 Å². The van der Waals surface area contributed by atoms with Crippen LogP contribution < -0.4 is 10.5 Å². The van der Waals surface area contributed by atoms with E-state index in [4.69, 9.17) is 9.56 Å². The van der Waals surface area contributed by atoms with E-state index in [2.05, 4.69) is 5.32 Å². The Labute approximate surface area is 114 Å². The maximum absolute atomic E-state index is 13.7. The highest BCUT2D eigenvalue weighted by Gasteiger charge is 2.14. The lowest BCUT2D eigenvalue weighted by Crippen LogP contribution is -2.15. The molecule has 0 radical (unpaired) electrons. The maximum Gasteiger partial charge on any atom is 0.259 e. The van der Waals surface area contributed by atoms with Crippen molar-refractivity contribution in [1.29, 1.82) is 0 Å². The molecule has 0 fully saturated rings. The Balaban J connectivity index is 2.25. The number of nitrogens with one attached hydrogen (secondary N) is 1. The van der Waals surface area contributed by atoms with Gasteiger partial charge in [-0.1, -0.05) is 0 Å². The number of benzene rings is 1. The Hall–Kier alpha value is -2.19. The Kier molecular flexibility index (Phi) is 3.60. The summed E-state index contributed by atoms with van der Waals surface area (Å²) in [7, 11) is -3.99. The minimum absolute atomic E-state index is 0.152. The second kappa shape index (κ2) is 5.06. The largest absolute Gasteiger partial charge is 0.469 e. The van der Waals surface area contributed by atoms with Crippen molar-refractivity contribution in [3.63, 3.8) is 0 Å². The first-order chi connectivity index (χ1) is 9.27. The second-order valence-corrected chi connectivity index (χ2v) is 5.65. The summed E-state index contributed by atoms with van der Waals surface area (Å²) in [5, 5.41) is 7.19. The number of primary sulfonamides is 1. The molecule has 2 aromatic rings. The van der Waals surface area contributed by atoms with Gasteiger partial charge in [0.05, 0.1) is 16.1 Å². The fourth-order valence-corrected chi connectivity index (χ4v) is 2.06. The Morgan fingerprint density at radius 2 is 2.05 bits per heavy atom. The van der Waals surface area contributed by atoms with Gasteiger partial charge >= 0.3 is 0 Å². The molecule has 20 heavy (non-hydrogen) atoms. The number of aryl methyl sites for hydroxylation is 1. The van der Waals surface area contributed by atoms with Crippen LogP contribution in [0, 0.1) is 12.7 Å². The predicted molar refractivity (Wildman–Crippen MR) is 69.2 cm³/mol. The zero-order valence-corrected chi connectivity index (χ0v) is 11.2. The normalized spacial score (nSPS) is 11.3. The zero-order chi connectivity index (χ0) is 14.9. The number of hydrogen-bond donors (Lipinski definition) is 2. The zero-order valence-electron chi connectivity index (χ0n) is 10.4. The highest BCUT2D eigenvalue weighted by molar-refractivity contribution is 7.89. The van der Waals surface area contributed by atoms with E-state index in [1.807, 2.05) is 0 Å². The molecule has 106 valence electrons. The van der Waals surface area contributed by atoms with E-state index in [-0.39, 0.29) is 16.1 Å². The average Bonchev–Trinajstić information content (AvgIpc) is 2.77. The maximum atomic E-state index is 13.7. The molecule has 0 saturated heterocycles. The molecular formula is C12H11FN2O4S. The van der Waals surface area contributed by atoms with Crippen molar-refractivity contribution < 1.29 is 22.0 Å². The summed E-state index contributed by atoms with van der Waals surface area (Å²) in [5.41, 5.74) is 0.0821. The third-order valence-corrected chi connectivity index (χ3v) is 3.42. The summed E-state index contributed by atoms with van der Waals surface area (Å²) in [4.78, 5) is 11.4. The van der Waals surface area contributed by atoms with E-state index in [9.17, 15) is 17.6 Å². The molecule has 0 unspecified atom stereocenters. The van der Waals surface area contributed by atoms with Gasteiger partial charge in [-0.2, -0.15) is 0 Å². The van der Waals surface area contributed by atoms with E-state index in [1.54, 1.807) is 6.92 Å². The molecule has 1 heterocycles. The van der Waals surface area contributed by atoms with Gasteiger partial charge in [0.2, 0.25) is 10.0 Å². The molecule has 0 bridgehead atoms. The standard InChI is InChI=1S/C12H11FN2O4S/c1-7-4-8(6-19-7)12(16)15-11-3-2-9(5-10(11)13)20(14,17)18/h2-6H,1H3,(H,15,16)(H2,14,17,18). The van der Waals surface area contributed by atoms with Crippen molar-refractivity contribution in [2.24, 2.45) is 5.14 Å². The lowest BCUT2D eigenvalue weighted by molar-refractivity contribution is 0.102. The lowest BCUT2D eigenvalue weighted by Gasteiger charge is -2.06. The van der Waals surface area contributed by atoms with Crippen molar-refractivity contribution in [2.75, 3.05) is 5.32 Å². The van der Waals surface area contributed by atoms with Crippen LogP contribution in [0.2, 0.25) is 0 Å². The summed E-state index contributed by atoms with van der Waals surface area (Å²) in [6.07, 6.45) is 1.24. The number of halogens is 1. The van der Waals surface area contributed by atoms with Gasteiger partial charge in [0.1, 0.15) is 17.8 Å². The number of amides is 1. The van der Waals surface area contributed by atoms with Crippen LogP contribution in [0.25, 0.3) is 0 Å². The van der Waals surface area contributed by atoms with Gasteiger partial charge in [-0.3, -0.25) is 4.79 Å². The molecular weight excluding hydrogens is 287 g/mol. The van der Waals surface area contributed by atoms with Gasteiger partial charge in [-0.05, 0) is 31.2 Å². The quantitative estimate of drug-likeness (QED) is 0.898. The van der Waals surface area contributed by atoms with Crippen LogP contribution in [0.3, 0.4) is 0 Å². The summed E-state index contributed by atoms with van der Waals surface area (Å²) in [6, 6.07) is 4.46. The number of nitrogens with two attached hydrogens (primary N) is 1. The van der Waals surface area contributed by atoms with E-state index < -0.39 is 21.7 Å². The van der Waals surface area contributed by atoms with E-state index in [0.717, 1.165) is 18.2 Å². The monoisotopic (exact) mass is 298 g/mol. The van der Waals surface area contributed by atoms with Crippen molar-refractivity contribution in [3.8, 4) is 0 Å². The van der Waals surface area contributed by atoms with Crippen LogP contribution in [-0.2, 0) is 10.0 Å². The van der Waals surface area contributed by atoms with Crippen molar-refractivity contribution in [2.45, 2.75) is 11.8 Å². The van der Waals surface area contributed by atoms with Gasteiger partial charge in [0.25, 0.3) is 5.91 Å². The topological polar surface area (TPSA) is 102 Å². The van der Waals surface area contributed by atoms with Crippen LogP contribution >= 0.6 is 0 Å². The molecule has 1 amide bonds. The first kappa shape index (κ1) is 14.2.